The fourth-order valence-corrected chi connectivity index (χ4v) is 2.90. The second-order valence-corrected chi connectivity index (χ2v) is 5.12. The van der Waals surface area contributed by atoms with Gasteiger partial charge < -0.3 is 10.1 Å². The van der Waals surface area contributed by atoms with E-state index in [1.54, 1.807) is 0 Å². The zero-order valence-electron chi connectivity index (χ0n) is 11.7. The Balaban J connectivity index is 1.91. The highest BCUT2D eigenvalue weighted by molar-refractivity contribution is 5.32. The molecule has 2 heterocycles. The maximum atomic E-state index is 5.46. The summed E-state index contributed by atoms with van der Waals surface area (Å²) in [6.45, 7) is 1.69. The van der Waals surface area contributed by atoms with Crippen LogP contribution in [-0.2, 0) is 4.74 Å². The number of rotatable bonds is 4. The largest absolute Gasteiger partial charge is 0.381 e. The van der Waals surface area contributed by atoms with Gasteiger partial charge in [-0.2, -0.15) is 0 Å². The van der Waals surface area contributed by atoms with Crippen LogP contribution in [0.5, 0.6) is 0 Å². The van der Waals surface area contributed by atoms with Crippen LogP contribution in [0.15, 0.2) is 36.5 Å². The van der Waals surface area contributed by atoms with E-state index in [2.05, 4.69) is 27.8 Å². The molecule has 5 nitrogen and oxygen atoms in total. The standard InChI is InChI=1S/C15H20N4O/c1-16-15(12-7-9-20-10-8-12)14-11-17-18-19(14)13-5-3-2-4-6-13/h2-6,11-12,15-16H,7-10H2,1H3. The summed E-state index contributed by atoms with van der Waals surface area (Å²) in [4.78, 5) is 0. The Morgan fingerprint density at radius 2 is 2.00 bits per heavy atom. The molecule has 3 rings (SSSR count). The Morgan fingerprint density at radius 3 is 2.70 bits per heavy atom. The predicted molar refractivity (Wildman–Crippen MR) is 76.7 cm³/mol. The van der Waals surface area contributed by atoms with Gasteiger partial charge in [-0.25, -0.2) is 4.68 Å². The average Bonchev–Trinajstić information content (AvgIpc) is 2.99. The van der Waals surface area contributed by atoms with Crippen molar-refractivity contribution in [2.75, 3.05) is 20.3 Å². The smallest absolute Gasteiger partial charge is 0.0817 e. The molecular formula is C15H20N4O. The molecule has 2 aromatic rings. The Bertz CT molecular complexity index is 534. The van der Waals surface area contributed by atoms with E-state index in [0.29, 0.717) is 5.92 Å². The second-order valence-electron chi connectivity index (χ2n) is 5.12. The Kier molecular flexibility index (Phi) is 4.08. The van der Waals surface area contributed by atoms with Crippen LogP contribution in [0, 0.1) is 5.92 Å². The molecule has 0 amide bonds. The first-order valence-corrected chi connectivity index (χ1v) is 7.11. The van der Waals surface area contributed by atoms with Gasteiger partial charge >= 0.3 is 0 Å². The Hall–Kier alpha value is -1.72. The van der Waals surface area contributed by atoms with Gasteiger partial charge in [-0.1, -0.05) is 23.4 Å². The van der Waals surface area contributed by atoms with Crippen molar-refractivity contribution in [3.8, 4) is 5.69 Å². The minimum Gasteiger partial charge on any atom is -0.381 e. The third-order valence-electron chi connectivity index (χ3n) is 3.94. The minimum atomic E-state index is 0.258. The molecule has 0 radical (unpaired) electrons. The van der Waals surface area contributed by atoms with Gasteiger partial charge in [-0.05, 0) is 37.9 Å². The van der Waals surface area contributed by atoms with Gasteiger partial charge in [0.25, 0.3) is 0 Å². The third kappa shape index (κ3) is 2.59. The molecule has 20 heavy (non-hydrogen) atoms. The van der Waals surface area contributed by atoms with E-state index >= 15 is 0 Å². The molecule has 1 atom stereocenters. The quantitative estimate of drug-likeness (QED) is 0.924. The average molecular weight is 272 g/mol. The molecule has 1 N–H and O–H groups in total. The van der Waals surface area contributed by atoms with Gasteiger partial charge in [0, 0.05) is 13.2 Å². The molecule has 1 aliphatic heterocycles. The van der Waals surface area contributed by atoms with Crippen LogP contribution in [0.25, 0.3) is 5.69 Å². The van der Waals surface area contributed by atoms with Gasteiger partial charge in [-0.3, -0.25) is 0 Å². The molecule has 1 aromatic carbocycles. The second kappa shape index (κ2) is 6.15. The highest BCUT2D eigenvalue weighted by Crippen LogP contribution is 2.30. The first-order chi connectivity index (χ1) is 9.90. The summed E-state index contributed by atoms with van der Waals surface area (Å²) in [5.74, 6) is 0.565. The highest BCUT2D eigenvalue weighted by atomic mass is 16.5. The van der Waals surface area contributed by atoms with Crippen LogP contribution in [-0.4, -0.2) is 35.3 Å². The van der Waals surface area contributed by atoms with Crippen LogP contribution in [0.4, 0.5) is 0 Å². The Labute approximate surface area is 118 Å². The minimum absolute atomic E-state index is 0.258. The fraction of sp³-hybridized carbons (Fsp3) is 0.467. The zero-order chi connectivity index (χ0) is 13.8. The molecular weight excluding hydrogens is 252 g/mol. The van der Waals surface area contributed by atoms with Gasteiger partial charge in [0.2, 0.25) is 0 Å². The summed E-state index contributed by atoms with van der Waals surface area (Å²) in [5, 5.41) is 11.8. The van der Waals surface area contributed by atoms with Gasteiger partial charge in [-0.15, -0.1) is 5.10 Å². The van der Waals surface area contributed by atoms with Gasteiger partial charge in [0.15, 0.2) is 0 Å². The molecule has 1 unspecified atom stereocenters. The lowest BCUT2D eigenvalue weighted by Crippen LogP contribution is -2.31. The first kappa shape index (κ1) is 13.3. The van der Waals surface area contributed by atoms with Crippen molar-refractivity contribution in [1.82, 2.24) is 20.3 Å². The van der Waals surface area contributed by atoms with E-state index < -0.39 is 0 Å². The maximum absolute atomic E-state index is 5.46. The predicted octanol–water partition coefficient (Wildman–Crippen LogP) is 1.95. The number of benzene rings is 1. The number of para-hydroxylation sites is 1. The summed E-state index contributed by atoms with van der Waals surface area (Å²) in [6.07, 6.45) is 4.01. The zero-order valence-corrected chi connectivity index (χ0v) is 11.7. The van der Waals surface area contributed by atoms with Crippen LogP contribution in [0.2, 0.25) is 0 Å². The number of hydrogen-bond donors (Lipinski definition) is 1. The molecule has 1 fully saturated rings. The first-order valence-electron chi connectivity index (χ1n) is 7.11. The van der Waals surface area contributed by atoms with Gasteiger partial charge in [0.1, 0.15) is 0 Å². The number of ether oxygens (including phenoxy) is 1. The van der Waals surface area contributed by atoms with E-state index in [1.807, 2.05) is 36.1 Å². The lowest BCUT2D eigenvalue weighted by Gasteiger charge is -2.30. The van der Waals surface area contributed by atoms with Crippen LogP contribution in [0.3, 0.4) is 0 Å². The number of nitrogens with zero attached hydrogens (tertiary/aromatic N) is 3. The van der Waals surface area contributed by atoms with E-state index in [-0.39, 0.29) is 6.04 Å². The molecule has 0 saturated carbocycles. The van der Waals surface area contributed by atoms with E-state index in [4.69, 9.17) is 4.74 Å². The van der Waals surface area contributed by atoms with Crippen molar-refractivity contribution in [1.29, 1.82) is 0 Å². The SMILES string of the molecule is CNC(c1cnnn1-c1ccccc1)C1CCOCC1. The fourth-order valence-electron chi connectivity index (χ4n) is 2.90. The number of hydrogen-bond acceptors (Lipinski definition) is 4. The topological polar surface area (TPSA) is 52.0 Å². The van der Waals surface area contributed by atoms with Crippen molar-refractivity contribution in [2.24, 2.45) is 5.92 Å². The van der Waals surface area contributed by atoms with E-state index in [1.165, 1.54) is 0 Å². The summed E-state index contributed by atoms with van der Waals surface area (Å²) in [7, 11) is 2.00. The third-order valence-corrected chi connectivity index (χ3v) is 3.94. The molecule has 0 aliphatic carbocycles. The molecule has 0 bridgehead atoms. The molecule has 106 valence electrons. The van der Waals surface area contributed by atoms with Crippen molar-refractivity contribution in [3.63, 3.8) is 0 Å². The van der Waals surface area contributed by atoms with Crippen molar-refractivity contribution in [2.45, 2.75) is 18.9 Å². The lowest BCUT2D eigenvalue weighted by molar-refractivity contribution is 0.0538. The van der Waals surface area contributed by atoms with Crippen molar-refractivity contribution < 1.29 is 4.74 Å². The van der Waals surface area contributed by atoms with Gasteiger partial charge in [0.05, 0.1) is 23.6 Å². The van der Waals surface area contributed by atoms with Crippen molar-refractivity contribution in [3.05, 3.63) is 42.2 Å². The van der Waals surface area contributed by atoms with E-state index in [9.17, 15) is 0 Å². The van der Waals surface area contributed by atoms with Crippen LogP contribution >= 0.6 is 0 Å². The molecule has 5 heteroatoms. The summed E-state index contributed by atoms with van der Waals surface area (Å²) in [6, 6.07) is 10.4. The monoisotopic (exact) mass is 272 g/mol. The molecule has 1 aliphatic rings. The normalized spacial score (nSPS) is 18.1. The van der Waals surface area contributed by atoms with E-state index in [0.717, 1.165) is 37.4 Å². The summed E-state index contributed by atoms with van der Waals surface area (Å²) in [5.41, 5.74) is 2.16. The summed E-state index contributed by atoms with van der Waals surface area (Å²) < 4.78 is 7.39. The van der Waals surface area contributed by atoms with Crippen LogP contribution < -0.4 is 5.32 Å². The molecule has 1 aromatic heterocycles. The molecule has 1 saturated heterocycles. The maximum Gasteiger partial charge on any atom is 0.0817 e. The molecule has 0 spiro atoms. The lowest BCUT2D eigenvalue weighted by atomic mass is 9.90. The van der Waals surface area contributed by atoms with Crippen LogP contribution in [0.1, 0.15) is 24.6 Å². The highest BCUT2D eigenvalue weighted by Gasteiger charge is 2.27. The number of aromatic nitrogens is 3. The Morgan fingerprint density at radius 1 is 1.25 bits per heavy atom. The summed E-state index contributed by atoms with van der Waals surface area (Å²) >= 11 is 0. The van der Waals surface area contributed by atoms with Crippen molar-refractivity contribution >= 4 is 0 Å². The number of nitrogens with one attached hydrogen (secondary N) is 1.